The van der Waals surface area contributed by atoms with Crippen LogP contribution in [0.4, 0.5) is 0 Å². The molecule has 1 fully saturated rings. The second-order valence-electron chi connectivity index (χ2n) is 5.57. The van der Waals surface area contributed by atoms with Gasteiger partial charge < -0.3 is 9.26 Å². The largest absolute Gasteiger partial charge is 0.373 e. The molecule has 0 saturated heterocycles. The lowest BCUT2D eigenvalue weighted by Gasteiger charge is -2.26. The number of hydrogen-bond acceptors (Lipinski definition) is 5. The topological polar surface area (TPSA) is 65.2 Å². The molecule has 0 aromatic carbocycles. The number of carbonyl (C=O) groups is 1. The van der Waals surface area contributed by atoms with E-state index in [0.29, 0.717) is 24.1 Å². The predicted molar refractivity (Wildman–Crippen MR) is 74.2 cm³/mol. The lowest BCUT2D eigenvalue weighted by atomic mass is 9.85. The summed E-state index contributed by atoms with van der Waals surface area (Å²) in [5, 5.41) is 4.01. The predicted octanol–water partition coefficient (Wildman–Crippen LogP) is 3.25. The monoisotopic (exact) mass is 280 g/mol. The van der Waals surface area contributed by atoms with Gasteiger partial charge in [-0.2, -0.15) is 4.98 Å². The molecule has 0 N–H and O–H groups in total. The van der Waals surface area contributed by atoms with Crippen LogP contribution in [0.2, 0.25) is 0 Å². The third kappa shape index (κ3) is 3.88. The first kappa shape index (κ1) is 15.2. The van der Waals surface area contributed by atoms with Crippen molar-refractivity contribution in [2.45, 2.75) is 64.4 Å². The van der Waals surface area contributed by atoms with Gasteiger partial charge in [-0.25, -0.2) is 0 Å². The zero-order valence-corrected chi connectivity index (χ0v) is 12.4. The fourth-order valence-corrected chi connectivity index (χ4v) is 2.94. The molecule has 112 valence electrons. The lowest BCUT2D eigenvalue weighted by Crippen LogP contribution is -2.19. The quantitative estimate of drug-likeness (QED) is 0.767. The van der Waals surface area contributed by atoms with E-state index in [-0.39, 0.29) is 18.3 Å². The van der Waals surface area contributed by atoms with Crippen LogP contribution in [0.5, 0.6) is 0 Å². The molecular weight excluding hydrogens is 256 g/mol. The summed E-state index contributed by atoms with van der Waals surface area (Å²) in [4.78, 5) is 16.0. The van der Waals surface area contributed by atoms with Crippen LogP contribution in [0.15, 0.2) is 4.52 Å². The zero-order chi connectivity index (χ0) is 14.4. The average molecular weight is 280 g/mol. The van der Waals surface area contributed by atoms with Crippen LogP contribution in [0.25, 0.3) is 0 Å². The summed E-state index contributed by atoms with van der Waals surface area (Å²) in [5.74, 6) is 1.62. The van der Waals surface area contributed by atoms with Crippen molar-refractivity contribution in [1.82, 2.24) is 10.1 Å². The van der Waals surface area contributed by atoms with E-state index in [1.165, 1.54) is 19.3 Å². The first-order valence-corrected chi connectivity index (χ1v) is 7.61. The van der Waals surface area contributed by atoms with Crippen LogP contribution in [-0.4, -0.2) is 23.0 Å². The van der Waals surface area contributed by atoms with E-state index in [1.807, 2.05) is 6.92 Å². The molecule has 1 saturated carbocycles. The lowest BCUT2D eigenvalue weighted by molar-refractivity contribution is -0.118. The van der Waals surface area contributed by atoms with Gasteiger partial charge >= 0.3 is 0 Å². The van der Waals surface area contributed by atoms with Gasteiger partial charge in [0, 0.05) is 13.5 Å². The van der Waals surface area contributed by atoms with Crippen molar-refractivity contribution in [3.63, 3.8) is 0 Å². The fraction of sp³-hybridized carbons (Fsp3) is 0.800. The Bertz CT molecular complexity index is 425. The van der Waals surface area contributed by atoms with Crippen molar-refractivity contribution < 1.29 is 14.1 Å². The number of hydrogen-bond donors (Lipinski definition) is 0. The Balaban J connectivity index is 1.99. The standard InChI is InChI=1S/C15H24N2O3/c1-3-7-12(18)10-13-16-15(17-20-13)14(19-2)11-8-5-4-6-9-11/h11,14H,3-10H2,1-2H3. The molecule has 1 unspecified atom stereocenters. The summed E-state index contributed by atoms with van der Waals surface area (Å²) in [6.07, 6.45) is 7.63. The highest BCUT2D eigenvalue weighted by atomic mass is 16.5. The summed E-state index contributed by atoms with van der Waals surface area (Å²) < 4.78 is 10.8. The van der Waals surface area contributed by atoms with Gasteiger partial charge in [0.05, 0.1) is 6.42 Å². The molecule has 0 radical (unpaired) electrons. The van der Waals surface area contributed by atoms with Gasteiger partial charge in [-0.15, -0.1) is 0 Å². The fourth-order valence-electron chi connectivity index (χ4n) is 2.94. The van der Waals surface area contributed by atoms with E-state index in [4.69, 9.17) is 9.26 Å². The van der Waals surface area contributed by atoms with Crippen LogP contribution >= 0.6 is 0 Å². The van der Waals surface area contributed by atoms with Crippen LogP contribution in [0.1, 0.15) is 69.7 Å². The average Bonchev–Trinajstić information content (AvgIpc) is 2.89. The smallest absolute Gasteiger partial charge is 0.234 e. The Kier molecular flexibility index (Phi) is 5.71. The van der Waals surface area contributed by atoms with Gasteiger partial charge in [0.15, 0.2) is 0 Å². The SMILES string of the molecule is CCCC(=O)Cc1nc(C(OC)C2CCCCC2)no1. The van der Waals surface area contributed by atoms with Crippen molar-refractivity contribution in [3.8, 4) is 0 Å². The molecule has 1 heterocycles. The van der Waals surface area contributed by atoms with E-state index in [2.05, 4.69) is 10.1 Å². The minimum absolute atomic E-state index is 0.103. The number of Topliss-reactive ketones (excluding diaryl/α,β-unsaturated/α-hetero) is 1. The van der Waals surface area contributed by atoms with Gasteiger partial charge in [0.1, 0.15) is 11.9 Å². The molecule has 1 aromatic heterocycles. The highest BCUT2D eigenvalue weighted by Crippen LogP contribution is 2.35. The number of methoxy groups -OCH3 is 1. The Morgan fingerprint density at radius 3 is 2.80 bits per heavy atom. The van der Waals surface area contributed by atoms with Crippen LogP contribution in [0, 0.1) is 5.92 Å². The minimum Gasteiger partial charge on any atom is -0.373 e. The number of ketones is 1. The Morgan fingerprint density at radius 1 is 1.40 bits per heavy atom. The van der Waals surface area contributed by atoms with Crippen molar-refractivity contribution in [2.75, 3.05) is 7.11 Å². The molecule has 5 nitrogen and oxygen atoms in total. The molecule has 1 aliphatic rings. The Labute approximate surface area is 120 Å². The van der Waals surface area contributed by atoms with E-state index in [1.54, 1.807) is 7.11 Å². The molecule has 0 spiro atoms. The number of aromatic nitrogens is 2. The van der Waals surface area contributed by atoms with Gasteiger partial charge in [-0.3, -0.25) is 4.79 Å². The highest BCUT2D eigenvalue weighted by molar-refractivity contribution is 5.79. The Morgan fingerprint density at radius 2 is 2.15 bits per heavy atom. The number of nitrogens with zero attached hydrogens (tertiary/aromatic N) is 2. The van der Waals surface area contributed by atoms with E-state index < -0.39 is 0 Å². The molecule has 2 rings (SSSR count). The summed E-state index contributed by atoms with van der Waals surface area (Å²) in [5.41, 5.74) is 0. The Hall–Kier alpha value is -1.23. The molecule has 0 amide bonds. The molecule has 0 aliphatic heterocycles. The maximum atomic E-state index is 11.6. The van der Waals surface area contributed by atoms with Crippen molar-refractivity contribution in [3.05, 3.63) is 11.7 Å². The number of carbonyl (C=O) groups excluding carboxylic acids is 1. The van der Waals surface area contributed by atoms with Gasteiger partial charge in [0.25, 0.3) is 0 Å². The van der Waals surface area contributed by atoms with Crippen LogP contribution in [-0.2, 0) is 16.0 Å². The van der Waals surface area contributed by atoms with Crippen molar-refractivity contribution in [2.24, 2.45) is 5.92 Å². The molecule has 20 heavy (non-hydrogen) atoms. The number of rotatable bonds is 7. The van der Waals surface area contributed by atoms with Gasteiger partial charge in [0.2, 0.25) is 11.7 Å². The third-order valence-corrected chi connectivity index (χ3v) is 3.95. The zero-order valence-electron chi connectivity index (χ0n) is 12.4. The van der Waals surface area contributed by atoms with Crippen molar-refractivity contribution >= 4 is 5.78 Å². The summed E-state index contributed by atoms with van der Waals surface area (Å²) in [7, 11) is 1.69. The third-order valence-electron chi connectivity index (χ3n) is 3.95. The van der Waals surface area contributed by atoms with Gasteiger partial charge in [-0.1, -0.05) is 31.3 Å². The van der Waals surface area contributed by atoms with E-state index in [9.17, 15) is 4.79 Å². The first-order chi connectivity index (χ1) is 9.74. The first-order valence-electron chi connectivity index (χ1n) is 7.61. The second kappa shape index (κ2) is 7.53. The minimum atomic E-state index is -0.103. The molecule has 0 bridgehead atoms. The summed E-state index contributed by atoms with van der Waals surface area (Å²) >= 11 is 0. The maximum Gasteiger partial charge on any atom is 0.234 e. The molecule has 1 aliphatic carbocycles. The van der Waals surface area contributed by atoms with Gasteiger partial charge in [-0.05, 0) is 25.2 Å². The molecule has 5 heteroatoms. The molecule has 1 aromatic rings. The van der Waals surface area contributed by atoms with Crippen LogP contribution in [0.3, 0.4) is 0 Å². The number of ether oxygens (including phenoxy) is 1. The normalized spacial score (nSPS) is 18.1. The summed E-state index contributed by atoms with van der Waals surface area (Å²) in [6, 6.07) is 0. The van der Waals surface area contributed by atoms with E-state index in [0.717, 1.165) is 19.3 Å². The highest BCUT2D eigenvalue weighted by Gasteiger charge is 2.29. The summed E-state index contributed by atoms with van der Waals surface area (Å²) in [6.45, 7) is 1.99. The maximum absolute atomic E-state index is 11.6. The molecule has 1 atom stereocenters. The second-order valence-corrected chi connectivity index (χ2v) is 5.57. The van der Waals surface area contributed by atoms with Crippen LogP contribution < -0.4 is 0 Å². The molecular formula is C15H24N2O3. The van der Waals surface area contributed by atoms with E-state index >= 15 is 0 Å². The van der Waals surface area contributed by atoms with Crippen molar-refractivity contribution in [1.29, 1.82) is 0 Å².